The maximum Gasteiger partial charge on any atom is 0.0904 e. The molecule has 0 saturated carbocycles. The lowest BCUT2D eigenvalue weighted by Crippen LogP contribution is -1.80. The molecule has 0 aliphatic rings. The lowest BCUT2D eigenvalue weighted by Gasteiger charge is -1.89. The van der Waals surface area contributed by atoms with E-state index >= 15 is 0 Å². The van der Waals surface area contributed by atoms with E-state index in [1.54, 1.807) is 11.3 Å². The molecule has 1 aromatic rings. The third kappa shape index (κ3) is 1.13. The monoisotopic (exact) mass is 175 g/mol. The highest BCUT2D eigenvalue weighted by Gasteiger charge is 2.08. The van der Waals surface area contributed by atoms with E-state index in [-0.39, 0.29) is 0 Å². The zero-order chi connectivity index (χ0) is 7.72. The van der Waals surface area contributed by atoms with Gasteiger partial charge in [0.25, 0.3) is 0 Å². The van der Waals surface area contributed by atoms with Crippen molar-refractivity contribution in [2.45, 2.75) is 20.3 Å². The van der Waals surface area contributed by atoms with Crippen LogP contribution in [0.1, 0.15) is 17.4 Å². The maximum absolute atomic E-state index is 5.94. The average Bonchev–Trinajstić information content (AvgIpc) is 2.17. The van der Waals surface area contributed by atoms with Crippen LogP contribution in [0, 0.1) is 6.92 Å². The summed E-state index contributed by atoms with van der Waals surface area (Å²) in [6, 6.07) is 0. The van der Waals surface area contributed by atoms with Crippen LogP contribution in [0.3, 0.4) is 0 Å². The fourth-order valence-corrected chi connectivity index (χ4v) is 2.11. The fourth-order valence-electron chi connectivity index (χ4n) is 0.799. The topological polar surface area (TPSA) is 26.0 Å². The van der Waals surface area contributed by atoms with E-state index in [1.807, 2.05) is 6.92 Å². The Morgan fingerprint density at radius 3 is 2.40 bits per heavy atom. The van der Waals surface area contributed by atoms with E-state index in [9.17, 15) is 0 Å². The molecule has 1 nitrogen and oxygen atoms in total. The van der Waals surface area contributed by atoms with Gasteiger partial charge in [0.05, 0.1) is 10.0 Å². The Morgan fingerprint density at radius 2 is 2.20 bits per heavy atom. The number of halogens is 1. The predicted molar refractivity (Wildman–Crippen MR) is 47.9 cm³/mol. The summed E-state index contributed by atoms with van der Waals surface area (Å²) in [6.07, 6.45) is 0.974. The van der Waals surface area contributed by atoms with Crippen molar-refractivity contribution in [3.8, 4) is 0 Å². The van der Waals surface area contributed by atoms with E-state index in [2.05, 4.69) is 6.92 Å². The molecule has 0 fully saturated rings. The van der Waals surface area contributed by atoms with Gasteiger partial charge in [-0.3, -0.25) is 0 Å². The third-order valence-corrected chi connectivity index (χ3v) is 3.39. The van der Waals surface area contributed by atoms with Crippen molar-refractivity contribution in [3.05, 3.63) is 15.5 Å². The van der Waals surface area contributed by atoms with Crippen molar-refractivity contribution >= 4 is 27.9 Å². The number of thiophene rings is 1. The molecule has 10 heavy (non-hydrogen) atoms. The Labute approximate surface area is 69.8 Å². The number of anilines is 1. The summed E-state index contributed by atoms with van der Waals surface area (Å²) in [5.74, 6) is 0. The van der Waals surface area contributed by atoms with Gasteiger partial charge in [-0.05, 0) is 13.3 Å². The van der Waals surface area contributed by atoms with Crippen LogP contribution in [0.5, 0.6) is 0 Å². The van der Waals surface area contributed by atoms with Gasteiger partial charge in [-0.2, -0.15) is 0 Å². The lowest BCUT2D eigenvalue weighted by molar-refractivity contribution is 1.18. The summed E-state index contributed by atoms with van der Waals surface area (Å²) in [7, 11) is 0. The minimum Gasteiger partial charge on any atom is -0.390 e. The first kappa shape index (κ1) is 7.89. The van der Waals surface area contributed by atoms with Crippen LogP contribution in [0.25, 0.3) is 0 Å². The largest absolute Gasteiger partial charge is 0.390 e. The SMILES string of the molecule is CCc1sc(N)c(C)c1Cl. The van der Waals surface area contributed by atoms with Crippen molar-refractivity contribution in [3.63, 3.8) is 0 Å². The Morgan fingerprint density at radius 1 is 1.60 bits per heavy atom. The Bertz CT molecular complexity index is 242. The average molecular weight is 176 g/mol. The molecule has 0 atom stereocenters. The van der Waals surface area contributed by atoms with Crippen LogP contribution in [0.15, 0.2) is 0 Å². The molecule has 56 valence electrons. The molecule has 2 N–H and O–H groups in total. The zero-order valence-electron chi connectivity index (χ0n) is 6.07. The van der Waals surface area contributed by atoms with Crippen LogP contribution >= 0.6 is 22.9 Å². The van der Waals surface area contributed by atoms with Crippen molar-refractivity contribution in [2.75, 3.05) is 5.73 Å². The van der Waals surface area contributed by atoms with Gasteiger partial charge in [-0.1, -0.05) is 18.5 Å². The van der Waals surface area contributed by atoms with E-state index in [1.165, 1.54) is 4.88 Å². The molecular formula is C7H10ClNS. The van der Waals surface area contributed by atoms with Crippen LogP contribution < -0.4 is 5.73 Å². The molecule has 1 heterocycles. The van der Waals surface area contributed by atoms with Gasteiger partial charge in [0.1, 0.15) is 0 Å². The lowest BCUT2D eigenvalue weighted by atomic mass is 10.3. The summed E-state index contributed by atoms with van der Waals surface area (Å²) in [5, 5.41) is 1.70. The molecule has 0 aliphatic heterocycles. The van der Waals surface area contributed by atoms with Crippen molar-refractivity contribution in [1.82, 2.24) is 0 Å². The molecule has 3 heteroatoms. The van der Waals surface area contributed by atoms with Crippen LogP contribution in [-0.4, -0.2) is 0 Å². The summed E-state index contributed by atoms with van der Waals surface area (Å²) in [6.45, 7) is 4.03. The Hall–Kier alpha value is -0.210. The predicted octanol–water partition coefficient (Wildman–Crippen LogP) is 2.85. The van der Waals surface area contributed by atoms with Gasteiger partial charge in [-0.15, -0.1) is 11.3 Å². The van der Waals surface area contributed by atoms with Gasteiger partial charge in [0.2, 0.25) is 0 Å². The molecular weight excluding hydrogens is 166 g/mol. The van der Waals surface area contributed by atoms with Gasteiger partial charge >= 0.3 is 0 Å². The van der Waals surface area contributed by atoms with Crippen molar-refractivity contribution in [2.24, 2.45) is 0 Å². The van der Waals surface area contributed by atoms with E-state index in [0.717, 1.165) is 22.0 Å². The summed E-state index contributed by atoms with van der Waals surface area (Å²) in [5.41, 5.74) is 6.68. The summed E-state index contributed by atoms with van der Waals surface area (Å²) >= 11 is 7.53. The molecule has 0 saturated heterocycles. The Balaban J connectivity index is 3.17. The molecule has 1 aromatic heterocycles. The second-order valence-corrected chi connectivity index (χ2v) is 3.70. The number of hydrogen-bond donors (Lipinski definition) is 1. The normalized spacial score (nSPS) is 10.3. The molecule has 0 unspecified atom stereocenters. The van der Waals surface area contributed by atoms with E-state index in [4.69, 9.17) is 17.3 Å². The summed E-state index contributed by atoms with van der Waals surface area (Å²) < 4.78 is 0. The number of nitrogens with two attached hydrogens (primary N) is 1. The molecule has 0 aliphatic carbocycles. The van der Waals surface area contributed by atoms with Crippen molar-refractivity contribution < 1.29 is 0 Å². The first-order valence-corrected chi connectivity index (χ1v) is 4.39. The minimum atomic E-state index is 0.849. The first-order valence-electron chi connectivity index (χ1n) is 3.20. The molecule has 0 spiro atoms. The second kappa shape index (κ2) is 2.81. The van der Waals surface area contributed by atoms with Crippen LogP contribution in [0.4, 0.5) is 5.00 Å². The van der Waals surface area contributed by atoms with Gasteiger partial charge in [0, 0.05) is 10.4 Å². The van der Waals surface area contributed by atoms with Gasteiger partial charge < -0.3 is 5.73 Å². The molecule has 0 bridgehead atoms. The Kier molecular flexibility index (Phi) is 2.21. The fraction of sp³-hybridized carbons (Fsp3) is 0.429. The number of nitrogen functional groups attached to an aromatic ring is 1. The minimum absolute atomic E-state index is 0.849. The van der Waals surface area contributed by atoms with Crippen LogP contribution in [0.2, 0.25) is 5.02 Å². The zero-order valence-corrected chi connectivity index (χ0v) is 7.64. The number of hydrogen-bond acceptors (Lipinski definition) is 2. The molecule has 1 rings (SSSR count). The quantitative estimate of drug-likeness (QED) is 0.698. The highest BCUT2D eigenvalue weighted by atomic mass is 35.5. The highest BCUT2D eigenvalue weighted by Crippen LogP contribution is 2.34. The standard InChI is InChI=1S/C7H10ClNS/c1-3-5-6(8)4(2)7(9)10-5/h3,9H2,1-2H3. The maximum atomic E-state index is 5.94. The van der Waals surface area contributed by atoms with Gasteiger partial charge in [-0.25, -0.2) is 0 Å². The van der Waals surface area contributed by atoms with Crippen molar-refractivity contribution in [1.29, 1.82) is 0 Å². The van der Waals surface area contributed by atoms with E-state index < -0.39 is 0 Å². The van der Waals surface area contributed by atoms with E-state index in [0.29, 0.717) is 0 Å². The van der Waals surface area contributed by atoms with Crippen LogP contribution in [-0.2, 0) is 6.42 Å². The molecule has 0 amide bonds. The number of aryl methyl sites for hydroxylation is 1. The number of rotatable bonds is 1. The smallest absolute Gasteiger partial charge is 0.0904 e. The molecule has 0 radical (unpaired) electrons. The first-order chi connectivity index (χ1) is 4.66. The van der Waals surface area contributed by atoms with Gasteiger partial charge in [0.15, 0.2) is 0 Å². The summed E-state index contributed by atoms with van der Waals surface area (Å²) in [4.78, 5) is 1.19. The second-order valence-electron chi connectivity index (χ2n) is 2.18. The highest BCUT2D eigenvalue weighted by molar-refractivity contribution is 7.16. The third-order valence-electron chi connectivity index (χ3n) is 1.50. The molecule has 0 aromatic carbocycles.